The molecular formula is C24H27ClF3N3O4. The van der Waals surface area contributed by atoms with Gasteiger partial charge in [-0.2, -0.15) is 13.2 Å². The third-order valence-electron chi connectivity index (χ3n) is 6.13. The second-order valence-electron chi connectivity index (χ2n) is 8.74. The molecule has 0 amide bonds. The van der Waals surface area contributed by atoms with Crippen LogP contribution < -0.4 is 5.56 Å². The number of benzene rings is 1. The van der Waals surface area contributed by atoms with Gasteiger partial charge in [0.1, 0.15) is 5.78 Å². The summed E-state index contributed by atoms with van der Waals surface area (Å²) >= 11 is 5.93. The molecule has 0 unspecified atom stereocenters. The molecule has 0 spiro atoms. The van der Waals surface area contributed by atoms with Gasteiger partial charge in [0.05, 0.1) is 18.9 Å². The molecule has 190 valence electrons. The first kappa shape index (κ1) is 26.9. The Labute approximate surface area is 204 Å². The maximum absolute atomic E-state index is 13.2. The normalized spacial score (nSPS) is 12.4. The molecule has 0 aliphatic heterocycles. The Morgan fingerprint density at radius 3 is 2.34 bits per heavy atom. The molecule has 0 radical (unpaired) electrons. The quantitative estimate of drug-likeness (QED) is 0.403. The van der Waals surface area contributed by atoms with Gasteiger partial charge >= 0.3 is 6.18 Å². The van der Waals surface area contributed by atoms with Gasteiger partial charge in [-0.25, -0.2) is 4.98 Å². The number of fused-ring (bicyclic) bond motifs is 1. The minimum Gasteiger partial charge on any atom is -0.396 e. The van der Waals surface area contributed by atoms with Crippen molar-refractivity contribution in [3.8, 4) is 11.3 Å². The lowest BCUT2D eigenvalue weighted by Crippen LogP contribution is -2.33. The number of hydrogen-bond donors (Lipinski definition) is 2. The van der Waals surface area contributed by atoms with E-state index in [2.05, 4.69) is 4.98 Å². The van der Waals surface area contributed by atoms with Crippen molar-refractivity contribution in [3.05, 3.63) is 57.6 Å². The number of ketones is 1. The molecule has 0 fully saturated rings. The van der Waals surface area contributed by atoms with Crippen LogP contribution in [0.5, 0.6) is 0 Å². The summed E-state index contributed by atoms with van der Waals surface area (Å²) in [7, 11) is 0. The van der Waals surface area contributed by atoms with E-state index in [-0.39, 0.29) is 42.9 Å². The number of aromatic nitrogens is 3. The van der Waals surface area contributed by atoms with Crippen LogP contribution in [0.25, 0.3) is 17.0 Å². The molecule has 0 saturated carbocycles. The number of imidazole rings is 1. The van der Waals surface area contributed by atoms with Crippen LogP contribution in [-0.2, 0) is 17.8 Å². The molecule has 7 nitrogen and oxygen atoms in total. The van der Waals surface area contributed by atoms with Crippen molar-refractivity contribution in [2.75, 3.05) is 13.2 Å². The Hall–Kier alpha value is -2.69. The molecule has 11 heteroatoms. The maximum Gasteiger partial charge on any atom is 0.389 e. The summed E-state index contributed by atoms with van der Waals surface area (Å²) in [5, 5.41) is 19.8. The minimum absolute atomic E-state index is 0.0618. The number of rotatable bonds is 11. The highest BCUT2D eigenvalue weighted by molar-refractivity contribution is 6.30. The number of halogens is 4. The molecule has 2 N–H and O–H groups in total. The second kappa shape index (κ2) is 10.9. The van der Waals surface area contributed by atoms with Crippen molar-refractivity contribution in [3.63, 3.8) is 0 Å². The van der Waals surface area contributed by atoms with Crippen molar-refractivity contribution in [1.29, 1.82) is 0 Å². The summed E-state index contributed by atoms with van der Waals surface area (Å²) < 4.78 is 40.9. The van der Waals surface area contributed by atoms with E-state index >= 15 is 0 Å². The van der Waals surface area contributed by atoms with Gasteiger partial charge in [-0.3, -0.25) is 14.0 Å². The number of aliphatic hydroxyl groups excluding tert-OH is 2. The zero-order chi connectivity index (χ0) is 25.8. The number of aryl methyl sites for hydroxylation is 1. The van der Waals surface area contributed by atoms with Crippen LogP contribution in [0.15, 0.2) is 41.5 Å². The Morgan fingerprint density at radius 2 is 1.77 bits per heavy atom. The highest BCUT2D eigenvalue weighted by atomic mass is 35.5. The van der Waals surface area contributed by atoms with E-state index in [4.69, 9.17) is 11.6 Å². The largest absolute Gasteiger partial charge is 0.396 e. The van der Waals surface area contributed by atoms with Crippen LogP contribution in [0.3, 0.4) is 0 Å². The van der Waals surface area contributed by atoms with E-state index in [1.807, 2.05) is 0 Å². The van der Waals surface area contributed by atoms with E-state index in [1.165, 1.54) is 21.4 Å². The average molecular weight is 514 g/mol. The molecule has 2 heterocycles. The number of aliphatic hydroxyl groups is 2. The Morgan fingerprint density at radius 1 is 1.11 bits per heavy atom. The number of carbonyl (C=O) groups is 1. The van der Waals surface area contributed by atoms with Crippen molar-refractivity contribution in [2.45, 2.75) is 51.7 Å². The van der Waals surface area contributed by atoms with E-state index in [1.54, 1.807) is 31.2 Å². The number of carbonyl (C=O) groups excluding carboxylic acids is 1. The molecule has 0 aliphatic carbocycles. The van der Waals surface area contributed by atoms with Crippen LogP contribution >= 0.6 is 11.6 Å². The van der Waals surface area contributed by atoms with Crippen molar-refractivity contribution >= 4 is 23.2 Å². The van der Waals surface area contributed by atoms with Crippen LogP contribution in [-0.4, -0.2) is 49.3 Å². The molecular weight excluding hydrogens is 487 g/mol. The van der Waals surface area contributed by atoms with Crippen molar-refractivity contribution < 1.29 is 28.2 Å². The third-order valence-corrected chi connectivity index (χ3v) is 6.38. The van der Waals surface area contributed by atoms with E-state index < -0.39 is 36.8 Å². The van der Waals surface area contributed by atoms with Gasteiger partial charge in [0.15, 0.2) is 0 Å². The first-order valence-electron chi connectivity index (χ1n) is 11.2. The number of hydrogen-bond acceptors (Lipinski definition) is 5. The van der Waals surface area contributed by atoms with E-state index in [9.17, 15) is 33.0 Å². The molecule has 3 aromatic rings. The zero-order valence-electron chi connectivity index (χ0n) is 19.2. The minimum atomic E-state index is -4.32. The Bertz CT molecular complexity index is 1220. The Kier molecular flexibility index (Phi) is 8.40. The first-order chi connectivity index (χ1) is 16.5. The fourth-order valence-electron chi connectivity index (χ4n) is 3.88. The molecule has 2 aromatic heterocycles. The fourth-order valence-corrected chi connectivity index (χ4v) is 4.00. The predicted octanol–water partition coefficient (Wildman–Crippen LogP) is 4.04. The summed E-state index contributed by atoms with van der Waals surface area (Å²) in [6, 6.07) is 6.73. The summed E-state index contributed by atoms with van der Waals surface area (Å²) in [4.78, 5) is 30.4. The van der Waals surface area contributed by atoms with Crippen molar-refractivity contribution in [1.82, 2.24) is 14.0 Å². The number of nitrogens with zero attached hydrogens (tertiary/aromatic N) is 3. The average Bonchev–Trinajstić information content (AvgIpc) is 3.26. The van der Waals surface area contributed by atoms with Gasteiger partial charge in [0.2, 0.25) is 5.78 Å². The Balaban J connectivity index is 2.01. The highest BCUT2D eigenvalue weighted by Crippen LogP contribution is 2.27. The van der Waals surface area contributed by atoms with E-state index in [0.717, 1.165) is 0 Å². The highest BCUT2D eigenvalue weighted by Gasteiger charge is 2.30. The molecule has 0 saturated heterocycles. The summed E-state index contributed by atoms with van der Waals surface area (Å²) in [5.41, 5.74) is -0.324. The van der Waals surface area contributed by atoms with Gasteiger partial charge in [-0.1, -0.05) is 30.7 Å². The molecule has 0 bridgehead atoms. The van der Waals surface area contributed by atoms with Gasteiger partial charge in [0, 0.05) is 59.8 Å². The molecule has 1 aromatic carbocycles. The van der Waals surface area contributed by atoms with Gasteiger partial charge in [0.25, 0.3) is 5.56 Å². The maximum atomic E-state index is 13.2. The molecule has 0 atom stereocenters. The smallest absolute Gasteiger partial charge is 0.389 e. The first-order valence-corrected chi connectivity index (χ1v) is 11.6. The monoisotopic (exact) mass is 513 g/mol. The SMILES string of the molecule is CCC(CO)(CO)CC(=O)Cc1cn(CCCC(F)(F)F)c2nc(-c3ccc(Cl)cc3)cn2c1=O. The topological polar surface area (TPSA) is 96.8 Å². The lowest BCUT2D eigenvalue weighted by atomic mass is 9.81. The number of alkyl halides is 3. The van der Waals surface area contributed by atoms with E-state index in [0.29, 0.717) is 22.7 Å². The zero-order valence-corrected chi connectivity index (χ0v) is 19.9. The molecule has 3 rings (SSSR count). The predicted molar refractivity (Wildman–Crippen MR) is 125 cm³/mol. The van der Waals surface area contributed by atoms with Crippen LogP contribution in [0.1, 0.15) is 38.2 Å². The molecule has 35 heavy (non-hydrogen) atoms. The third kappa shape index (κ3) is 6.50. The summed E-state index contributed by atoms with van der Waals surface area (Å²) in [6.07, 6.45) is -2.77. The standard InChI is InChI=1S/C24H27ClF3N3O4/c1-2-23(14-32,15-33)11-19(34)10-17-12-30(9-3-8-24(26,27)28)22-29-20(13-31(22)21(17)35)16-4-6-18(25)7-5-16/h4-7,12-13,32-33H,2-3,8-11,14-15H2,1H3. The summed E-state index contributed by atoms with van der Waals surface area (Å²) in [6.45, 7) is 0.897. The van der Waals surface area contributed by atoms with Gasteiger partial charge < -0.3 is 14.8 Å². The van der Waals surface area contributed by atoms with Crippen LogP contribution in [0.2, 0.25) is 5.02 Å². The van der Waals surface area contributed by atoms with Crippen LogP contribution in [0.4, 0.5) is 13.2 Å². The van der Waals surface area contributed by atoms with Crippen LogP contribution in [0, 0.1) is 5.41 Å². The lowest BCUT2D eigenvalue weighted by molar-refractivity contribution is -0.135. The van der Waals surface area contributed by atoms with Gasteiger partial charge in [-0.05, 0) is 25.0 Å². The van der Waals surface area contributed by atoms with Gasteiger partial charge in [-0.15, -0.1) is 0 Å². The second-order valence-corrected chi connectivity index (χ2v) is 9.17. The lowest BCUT2D eigenvalue weighted by Gasteiger charge is -2.27. The summed E-state index contributed by atoms with van der Waals surface area (Å²) in [5.74, 6) is -0.210. The fraction of sp³-hybridized carbons (Fsp3) is 0.458. The molecule has 0 aliphatic rings. The van der Waals surface area contributed by atoms with Crippen molar-refractivity contribution in [2.24, 2.45) is 5.41 Å². The number of Topliss-reactive ketones (excluding diaryl/α,β-unsaturated/α-hetero) is 1.